The predicted molar refractivity (Wildman–Crippen MR) is 101 cm³/mol. The summed E-state index contributed by atoms with van der Waals surface area (Å²) in [6.07, 6.45) is 0. The number of fused-ring (bicyclic) bond motifs is 2. The zero-order valence-electron chi connectivity index (χ0n) is 14.4. The third kappa shape index (κ3) is 3.06. The first kappa shape index (κ1) is 17.9. The van der Waals surface area contributed by atoms with Gasteiger partial charge in [0.2, 0.25) is 0 Å². The number of nitro groups is 3. The number of hydrogen-bond acceptors (Lipinski definition) is 8. The van der Waals surface area contributed by atoms with Crippen LogP contribution in [-0.2, 0) is 0 Å². The van der Waals surface area contributed by atoms with E-state index in [9.17, 15) is 30.3 Å². The Morgan fingerprint density at radius 3 is 1.79 bits per heavy atom. The van der Waals surface area contributed by atoms with Gasteiger partial charge in [0.05, 0.1) is 32.2 Å². The monoisotopic (exact) mass is 394 g/mol. The Hall–Kier alpha value is -4.54. The van der Waals surface area contributed by atoms with E-state index in [4.69, 9.17) is 4.74 Å². The predicted octanol–water partition coefficient (Wildman–Crippen LogP) is 4.99. The maximum absolute atomic E-state index is 11.2. The molecule has 0 amide bonds. The van der Waals surface area contributed by atoms with Gasteiger partial charge in [-0.05, 0) is 24.3 Å². The zero-order valence-corrected chi connectivity index (χ0v) is 14.4. The van der Waals surface area contributed by atoms with Crippen molar-refractivity contribution in [2.45, 2.75) is 0 Å². The highest BCUT2D eigenvalue weighted by Crippen LogP contribution is 2.52. The Balaban J connectivity index is 1.92. The number of anilines is 3. The molecule has 0 aliphatic carbocycles. The van der Waals surface area contributed by atoms with Crippen LogP contribution in [0, 0.1) is 30.3 Å². The molecule has 0 radical (unpaired) electrons. The van der Waals surface area contributed by atoms with Gasteiger partial charge in [-0.1, -0.05) is 0 Å². The maximum Gasteiger partial charge on any atom is 0.273 e. The zero-order chi connectivity index (χ0) is 20.7. The minimum atomic E-state index is -0.564. The van der Waals surface area contributed by atoms with E-state index in [1.807, 2.05) is 0 Å². The first-order chi connectivity index (χ1) is 13.8. The average Bonchev–Trinajstić information content (AvgIpc) is 2.71. The number of hydrogen-bond donors (Lipinski definition) is 0. The molecule has 1 aliphatic rings. The Morgan fingerprint density at radius 2 is 1.17 bits per heavy atom. The number of non-ortho nitro benzene ring substituents is 3. The number of benzene rings is 3. The van der Waals surface area contributed by atoms with Crippen LogP contribution in [0.3, 0.4) is 0 Å². The molecule has 11 heteroatoms. The van der Waals surface area contributed by atoms with Crippen LogP contribution in [-0.4, -0.2) is 14.8 Å². The topological polar surface area (TPSA) is 142 Å². The third-order valence-electron chi connectivity index (χ3n) is 4.33. The smallest absolute Gasteiger partial charge is 0.273 e. The van der Waals surface area contributed by atoms with Gasteiger partial charge >= 0.3 is 0 Å². The van der Waals surface area contributed by atoms with Crippen molar-refractivity contribution in [2.24, 2.45) is 0 Å². The van der Waals surface area contributed by atoms with Crippen molar-refractivity contribution in [1.29, 1.82) is 0 Å². The van der Waals surface area contributed by atoms with Crippen LogP contribution in [0.5, 0.6) is 11.5 Å². The summed E-state index contributed by atoms with van der Waals surface area (Å²) >= 11 is 0. The van der Waals surface area contributed by atoms with Crippen LogP contribution in [0.25, 0.3) is 0 Å². The van der Waals surface area contributed by atoms with Crippen LogP contribution in [0.1, 0.15) is 0 Å². The van der Waals surface area contributed by atoms with Crippen LogP contribution in [0.2, 0.25) is 0 Å². The highest BCUT2D eigenvalue weighted by atomic mass is 16.6. The van der Waals surface area contributed by atoms with Crippen LogP contribution >= 0.6 is 0 Å². The highest BCUT2D eigenvalue weighted by molar-refractivity contribution is 5.87. The van der Waals surface area contributed by atoms with E-state index in [2.05, 4.69) is 0 Å². The molecule has 0 atom stereocenters. The first-order valence-electron chi connectivity index (χ1n) is 8.14. The highest BCUT2D eigenvalue weighted by Gasteiger charge is 2.29. The van der Waals surface area contributed by atoms with Crippen molar-refractivity contribution >= 4 is 34.1 Å². The summed E-state index contributed by atoms with van der Waals surface area (Å²) in [5, 5.41) is 33.3. The molecule has 3 aromatic rings. The van der Waals surface area contributed by atoms with Gasteiger partial charge in [-0.3, -0.25) is 30.3 Å². The summed E-state index contributed by atoms with van der Waals surface area (Å²) < 4.78 is 5.74. The van der Waals surface area contributed by atoms with Crippen molar-refractivity contribution in [1.82, 2.24) is 0 Å². The van der Waals surface area contributed by atoms with E-state index in [0.29, 0.717) is 17.1 Å². The Morgan fingerprint density at radius 1 is 0.621 bits per heavy atom. The van der Waals surface area contributed by atoms with Crippen molar-refractivity contribution in [3.05, 3.63) is 91.0 Å². The van der Waals surface area contributed by atoms with Gasteiger partial charge in [-0.25, -0.2) is 0 Å². The van der Waals surface area contributed by atoms with Gasteiger partial charge in [0.1, 0.15) is 0 Å². The second-order valence-corrected chi connectivity index (χ2v) is 6.03. The van der Waals surface area contributed by atoms with E-state index in [-0.39, 0.29) is 28.6 Å². The Kier molecular flexibility index (Phi) is 4.04. The number of nitrogens with zero attached hydrogens (tertiary/aromatic N) is 4. The quantitative estimate of drug-likeness (QED) is 0.348. The first-order valence-corrected chi connectivity index (χ1v) is 8.14. The molecule has 0 N–H and O–H groups in total. The molecule has 0 saturated heterocycles. The molecular formula is C18H10N4O7. The lowest BCUT2D eigenvalue weighted by atomic mass is 10.1. The standard InChI is InChI=1S/C18H10N4O7/c23-20(24)12-3-1-11(2-4-12)19-15-7-5-14(22(27)28)10-18(15)29-17-8-6-13(21(25)26)9-16(17)19/h1-10H. The van der Waals surface area contributed by atoms with E-state index in [1.165, 1.54) is 60.7 Å². The lowest BCUT2D eigenvalue weighted by Crippen LogP contribution is -2.16. The lowest BCUT2D eigenvalue weighted by Gasteiger charge is -2.32. The normalized spacial score (nSPS) is 11.8. The SMILES string of the molecule is O=[N+]([O-])c1ccc(N2c3ccc([N+](=O)[O-])cc3Oc3ccc([N+](=O)[O-])cc32)cc1. The molecule has 1 aliphatic heterocycles. The second-order valence-electron chi connectivity index (χ2n) is 6.03. The van der Waals surface area contributed by atoms with Crippen LogP contribution < -0.4 is 9.64 Å². The summed E-state index contributed by atoms with van der Waals surface area (Å²) in [6, 6.07) is 13.5. The van der Waals surface area contributed by atoms with E-state index < -0.39 is 14.8 Å². The largest absolute Gasteiger partial charge is 0.453 e. The van der Waals surface area contributed by atoms with Crippen molar-refractivity contribution in [3.63, 3.8) is 0 Å². The van der Waals surface area contributed by atoms with Crippen molar-refractivity contribution in [3.8, 4) is 11.5 Å². The van der Waals surface area contributed by atoms with Crippen molar-refractivity contribution < 1.29 is 19.5 Å². The fourth-order valence-corrected chi connectivity index (χ4v) is 3.01. The third-order valence-corrected chi connectivity index (χ3v) is 4.33. The van der Waals surface area contributed by atoms with Crippen LogP contribution in [0.15, 0.2) is 60.7 Å². The number of ether oxygens (including phenoxy) is 1. The summed E-state index contributed by atoms with van der Waals surface area (Å²) in [6.45, 7) is 0. The Labute approximate surface area is 161 Å². The minimum Gasteiger partial charge on any atom is -0.453 e. The summed E-state index contributed by atoms with van der Waals surface area (Å²) in [5.74, 6) is 0.431. The molecule has 3 aromatic carbocycles. The molecule has 0 bridgehead atoms. The summed E-state index contributed by atoms with van der Waals surface area (Å²) in [7, 11) is 0. The molecule has 29 heavy (non-hydrogen) atoms. The molecule has 0 spiro atoms. The fraction of sp³-hybridized carbons (Fsp3) is 0. The molecule has 0 aromatic heterocycles. The van der Waals surface area contributed by atoms with E-state index in [1.54, 1.807) is 4.90 Å². The van der Waals surface area contributed by atoms with Gasteiger partial charge in [-0.2, -0.15) is 0 Å². The second kappa shape index (κ2) is 6.56. The number of nitro benzene ring substituents is 3. The van der Waals surface area contributed by atoms with Gasteiger partial charge in [0, 0.05) is 36.0 Å². The maximum atomic E-state index is 11.2. The minimum absolute atomic E-state index is 0.120. The Bertz CT molecular complexity index is 1180. The average molecular weight is 394 g/mol. The van der Waals surface area contributed by atoms with Gasteiger partial charge < -0.3 is 9.64 Å². The molecular weight excluding hydrogens is 384 g/mol. The lowest BCUT2D eigenvalue weighted by molar-refractivity contribution is -0.385. The molecule has 0 fully saturated rings. The van der Waals surface area contributed by atoms with Gasteiger partial charge in [0.25, 0.3) is 17.1 Å². The van der Waals surface area contributed by atoms with E-state index >= 15 is 0 Å². The summed E-state index contributed by atoms with van der Waals surface area (Å²) in [5.41, 5.74) is 0.718. The molecule has 144 valence electrons. The molecule has 4 rings (SSSR count). The van der Waals surface area contributed by atoms with E-state index in [0.717, 1.165) is 0 Å². The summed E-state index contributed by atoms with van der Waals surface area (Å²) in [4.78, 5) is 33.2. The van der Waals surface area contributed by atoms with Crippen LogP contribution in [0.4, 0.5) is 34.1 Å². The fourth-order valence-electron chi connectivity index (χ4n) is 3.01. The molecule has 0 unspecified atom stereocenters. The van der Waals surface area contributed by atoms with Crippen molar-refractivity contribution in [2.75, 3.05) is 4.90 Å². The molecule has 0 saturated carbocycles. The van der Waals surface area contributed by atoms with Gasteiger partial charge in [-0.15, -0.1) is 0 Å². The molecule has 1 heterocycles. The molecule has 11 nitrogen and oxygen atoms in total. The van der Waals surface area contributed by atoms with Gasteiger partial charge in [0.15, 0.2) is 11.5 Å². The number of rotatable bonds is 4.